The molecule has 32 heavy (non-hydrogen) atoms. The zero-order valence-electron chi connectivity index (χ0n) is 16.8. The maximum atomic E-state index is 13.8. The van der Waals surface area contributed by atoms with E-state index in [4.69, 9.17) is 11.6 Å². The van der Waals surface area contributed by atoms with Crippen LogP contribution in [0.15, 0.2) is 35.5 Å². The van der Waals surface area contributed by atoms with Crippen molar-refractivity contribution in [2.75, 3.05) is 29.6 Å². The average Bonchev–Trinajstić information content (AvgIpc) is 2.87. The molecule has 1 saturated heterocycles. The van der Waals surface area contributed by atoms with E-state index < -0.39 is 52.2 Å². The number of aromatic nitrogens is 1. The van der Waals surface area contributed by atoms with Crippen LogP contribution in [0.3, 0.4) is 0 Å². The van der Waals surface area contributed by atoms with Crippen molar-refractivity contribution in [3.05, 3.63) is 46.6 Å². The Bertz CT molecular complexity index is 1050. The molecule has 1 aliphatic rings. The van der Waals surface area contributed by atoms with Gasteiger partial charge in [0, 0.05) is 44.1 Å². The van der Waals surface area contributed by atoms with Crippen molar-refractivity contribution in [2.24, 2.45) is 0 Å². The van der Waals surface area contributed by atoms with E-state index in [1.54, 1.807) is 0 Å². The van der Waals surface area contributed by atoms with Gasteiger partial charge in [-0.15, -0.1) is 0 Å². The van der Waals surface area contributed by atoms with Gasteiger partial charge in [0.1, 0.15) is 5.03 Å². The number of carbonyl (C=O) groups excluding carboxylic acids is 1. The van der Waals surface area contributed by atoms with E-state index in [2.05, 4.69) is 10.3 Å². The summed E-state index contributed by atoms with van der Waals surface area (Å²) in [5.41, 5.74) is -1.26. The van der Waals surface area contributed by atoms with Gasteiger partial charge in [0.25, 0.3) is 5.91 Å². The van der Waals surface area contributed by atoms with Crippen LogP contribution in [0.25, 0.3) is 0 Å². The number of pyridine rings is 1. The number of hydrogen-bond donors (Lipinski definition) is 1. The highest BCUT2D eigenvalue weighted by atomic mass is 35.5. The van der Waals surface area contributed by atoms with Gasteiger partial charge in [-0.25, -0.2) is 13.8 Å². The molecule has 1 aromatic carbocycles. The summed E-state index contributed by atoms with van der Waals surface area (Å²) in [6.07, 6.45) is -2.96. The van der Waals surface area contributed by atoms with Crippen molar-refractivity contribution in [1.82, 2.24) is 4.98 Å². The van der Waals surface area contributed by atoms with Crippen molar-refractivity contribution >= 4 is 39.7 Å². The third-order valence-corrected chi connectivity index (χ3v) is 6.11. The molecular formula is C20H19ClF5N3O2S. The Balaban J connectivity index is 2.02. The predicted octanol–water partition coefficient (Wildman–Crippen LogP) is 5.37. The SMILES string of the molecule is CS(=O)c1cc(NC(=O)c2cc(Cl)c(C(F)(F)F)cc2N2CCCC(F)(F)CC2)ccn1. The summed E-state index contributed by atoms with van der Waals surface area (Å²) in [6.45, 7) is -0.163. The van der Waals surface area contributed by atoms with Gasteiger partial charge >= 0.3 is 6.18 Å². The van der Waals surface area contributed by atoms with Crippen LogP contribution in [0.5, 0.6) is 0 Å². The van der Waals surface area contributed by atoms with Crippen molar-refractivity contribution in [1.29, 1.82) is 0 Å². The van der Waals surface area contributed by atoms with E-state index in [1.807, 2.05) is 0 Å². The van der Waals surface area contributed by atoms with Gasteiger partial charge in [0.15, 0.2) is 0 Å². The van der Waals surface area contributed by atoms with Crippen LogP contribution in [-0.4, -0.2) is 40.4 Å². The number of amides is 1. The van der Waals surface area contributed by atoms with Crippen molar-refractivity contribution in [3.63, 3.8) is 0 Å². The van der Waals surface area contributed by atoms with E-state index in [9.17, 15) is 31.0 Å². The van der Waals surface area contributed by atoms with E-state index >= 15 is 0 Å². The zero-order chi connectivity index (χ0) is 23.7. The average molecular weight is 496 g/mol. The Hall–Kier alpha value is -2.27. The molecule has 1 unspecified atom stereocenters. The molecule has 1 fully saturated rings. The van der Waals surface area contributed by atoms with E-state index in [0.29, 0.717) is 0 Å². The molecule has 3 rings (SSSR count). The third-order valence-electron chi connectivity index (χ3n) is 4.98. The second kappa shape index (κ2) is 9.30. The number of nitrogens with zero attached hydrogens (tertiary/aromatic N) is 2. The van der Waals surface area contributed by atoms with Crippen LogP contribution >= 0.6 is 11.6 Å². The van der Waals surface area contributed by atoms with Gasteiger partial charge in [-0.2, -0.15) is 13.2 Å². The van der Waals surface area contributed by atoms with Gasteiger partial charge in [0.05, 0.1) is 32.6 Å². The smallest absolute Gasteiger partial charge is 0.371 e. The Labute approximate surface area is 188 Å². The third kappa shape index (κ3) is 5.74. The van der Waals surface area contributed by atoms with Crippen LogP contribution in [0.2, 0.25) is 5.02 Å². The normalized spacial score (nSPS) is 17.5. The standard InChI is InChI=1S/C20H19ClF5N3O2S/c1-32(31)17-9-12(3-6-27-17)28-18(30)13-10-15(21)14(20(24,25)26)11-16(13)29-7-2-4-19(22,23)5-8-29/h3,6,9-11H,2,4-5,7-8H2,1H3,(H,27,28,30). The first-order valence-corrected chi connectivity index (χ1v) is 11.5. The molecule has 0 radical (unpaired) electrons. The molecule has 5 nitrogen and oxygen atoms in total. The monoisotopic (exact) mass is 495 g/mol. The molecule has 0 saturated carbocycles. The summed E-state index contributed by atoms with van der Waals surface area (Å²) in [7, 11) is -1.42. The van der Waals surface area contributed by atoms with Gasteiger partial charge in [-0.3, -0.25) is 9.00 Å². The molecule has 174 valence electrons. The summed E-state index contributed by atoms with van der Waals surface area (Å²) in [5.74, 6) is -3.72. The second-order valence-corrected chi connectivity index (χ2v) is 9.07. The minimum Gasteiger partial charge on any atom is -0.371 e. The summed E-state index contributed by atoms with van der Waals surface area (Å²) < 4.78 is 79.5. The summed E-state index contributed by atoms with van der Waals surface area (Å²) >= 11 is 5.83. The predicted molar refractivity (Wildman–Crippen MR) is 112 cm³/mol. The maximum Gasteiger partial charge on any atom is 0.417 e. The van der Waals surface area contributed by atoms with E-state index in [-0.39, 0.29) is 41.5 Å². The first-order valence-electron chi connectivity index (χ1n) is 9.52. The van der Waals surface area contributed by atoms with E-state index in [1.165, 1.54) is 29.5 Å². The summed E-state index contributed by atoms with van der Waals surface area (Å²) in [4.78, 5) is 18.2. The zero-order valence-corrected chi connectivity index (χ0v) is 18.4. The molecule has 1 amide bonds. The fourth-order valence-corrected chi connectivity index (χ4v) is 4.14. The lowest BCUT2D eigenvalue weighted by Gasteiger charge is -2.27. The van der Waals surface area contributed by atoms with Crippen LogP contribution in [0.4, 0.5) is 33.3 Å². The Morgan fingerprint density at radius 2 is 1.94 bits per heavy atom. The Morgan fingerprint density at radius 1 is 1.22 bits per heavy atom. The number of carbonyl (C=O) groups is 1. The van der Waals surface area contributed by atoms with Gasteiger partial charge in [0.2, 0.25) is 5.92 Å². The molecule has 0 spiro atoms. The van der Waals surface area contributed by atoms with Crippen LogP contribution < -0.4 is 10.2 Å². The molecule has 12 heteroatoms. The summed E-state index contributed by atoms with van der Waals surface area (Å²) in [5, 5.41) is 2.04. The lowest BCUT2D eigenvalue weighted by atomic mass is 10.1. The number of hydrogen-bond acceptors (Lipinski definition) is 4. The lowest BCUT2D eigenvalue weighted by molar-refractivity contribution is -0.137. The molecule has 2 heterocycles. The highest BCUT2D eigenvalue weighted by Crippen LogP contribution is 2.40. The molecule has 1 atom stereocenters. The van der Waals surface area contributed by atoms with Gasteiger partial charge < -0.3 is 10.2 Å². The minimum atomic E-state index is -4.79. The quantitative estimate of drug-likeness (QED) is 0.579. The number of anilines is 2. The number of alkyl halides is 5. The van der Waals surface area contributed by atoms with Crippen LogP contribution in [0.1, 0.15) is 35.2 Å². The fourth-order valence-electron chi connectivity index (χ4n) is 3.37. The number of benzene rings is 1. The first-order chi connectivity index (χ1) is 14.9. The first kappa shape index (κ1) is 24.4. The van der Waals surface area contributed by atoms with Gasteiger partial charge in [-0.05, 0) is 30.7 Å². The second-order valence-electron chi connectivity index (χ2n) is 7.33. The molecule has 1 N–H and O–H groups in total. The van der Waals surface area contributed by atoms with Crippen molar-refractivity contribution in [3.8, 4) is 0 Å². The Morgan fingerprint density at radius 3 is 2.59 bits per heavy atom. The van der Waals surface area contributed by atoms with Crippen LogP contribution in [-0.2, 0) is 17.0 Å². The molecule has 1 aliphatic heterocycles. The van der Waals surface area contributed by atoms with Crippen molar-refractivity contribution < 1.29 is 31.0 Å². The molecule has 0 aliphatic carbocycles. The number of nitrogens with one attached hydrogen (secondary N) is 1. The largest absolute Gasteiger partial charge is 0.417 e. The number of halogens is 6. The molecule has 0 bridgehead atoms. The Kier molecular flexibility index (Phi) is 7.09. The lowest BCUT2D eigenvalue weighted by Crippen LogP contribution is -2.29. The minimum absolute atomic E-state index is 0.0497. The summed E-state index contributed by atoms with van der Waals surface area (Å²) in [6, 6.07) is 4.40. The molecule has 1 aromatic heterocycles. The van der Waals surface area contributed by atoms with Gasteiger partial charge in [-0.1, -0.05) is 11.6 Å². The molecular weight excluding hydrogens is 477 g/mol. The topological polar surface area (TPSA) is 62.3 Å². The highest BCUT2D eigenvalue weighted by molar-refractivity contribution is 7.84. The number of rotatable bonds is 4. The fraction of sp³-hybridized carbons (Fsp3) is 0.400. The van der Waals surface area contributed by atoms with E-state index in [0.717, 1.165) is 12.1 Å². The molecule has 2 aromatic rings. The van der Waals surface area contributed by atoms with Crippen molar-refractivity contribution in [2.45, 2.75) is 36.4 Å². The maximum absolute atomic E-state index is 13.8. The highest BCUT2D eigenvalue weighted by Gasteiger charge is 2.37. The van der Waals surface area contributed by atoms with Crippen LogP contribution in [0, 0.1) is 0 Å².